The first-order valence-corrected chi connectivity index (χ1v) is 8.36. The second-order valence-corrected chi connectivity index (χ2v) is 5.81. The Labute approximate surface area is 143 Å². The molecule has 0 saturated carbocycles. The smallest absolute Gasteiger partial charge is 0.144 e. The van der Waals surface area contributed by atoms with Gasteiger partial charge in [0, 0.05) is 24.8 Å². The number of nitrogens with zero attached hydrogens (tertiary/aromatic N) is 1. The summed E-state index contributed by atoms with van der Waals surface area (Å²) in [5.74, 6) is 0.602. The first kappa shape index (κ1) is 20.5. The molecule has 0 aliphatic carbocycles. The van der Waals surface area contributed by atoms with Gasteiger partial charge in [0.25, 0.3) is 0 Å². The summed E-state index contributed by atoms with van der Waals surface area (Å²) in [6, 6.07) is 5.45. The summed E-state index contributed by atoms with van der Waals surface area (Å²) in [7, 11) is 0. The first-order valence-electron chi connectivity index (χ1n) is 8.36. The number of aliphatic hydroxyl groups excluding tert-OH is 4. The van der Waals surface area contributed by atoms with E-state index in [9.17, 15) is 10.2 Å². The fourth-order valence-corrected chi connectivity index (χ4v) is 2.22. The van der Waals surface area contributed by atoms with Crippen LogP contribution in [0.2, 0.25) is 0 Å². The van der Waals surface area contributed by atoms with Crippen molar-refractivity contribution >= 4 is 11.4 Å². The largest absolute Gasteiger partial charge is 0.491 e. The molecule has 0 aliphatic heterocycles. The second-order valence-electron chi connectivity index (χ2n) is 5.81. The van der Waals surface area contributed by atoms with E-state index in [-0.39, 0.29) is 13.2 Å². The molecule has 0 radical (unpaired) electrons. The third-order valence-electron chi connectivity index (χ3n) is 3.71. The van der Waals surface area contributed by atoms with Crippen molar-refractivity contribution in [2.24, 2.45) is 0 Å². The van der Waals surface area contributed by atoms with Crippen molar-refractivity contribution in [3.8, 4) is 5.75 Å². The third-order valence-corrected chi connectivity index (χ3v) is 3.71. The Hall–Kier alpha value is -1.54. The summed E-state index contributed by atoms with van der Waals surface area (Å²) in [5.41, 5.74) is 7.33. The van der Waals surface area contributed by atoms with Gasteiger partial charge in [-0.2, -0.15) is 0 Å². The van der Waals surface area contributed by atoms with Gasteiger partial charge in [0.1, 0.15) is 5.75 Å². The predicted octanol–water partition coefficient (Wildman–Crippen LogP) is 0.351. The van der Waals surface area contributed by atoms with Crippen LogP contribution in [0.4, 0.5) is 11.4 Å². The van der Waals surface area contributed by atoms with E-state index in [4.69, 9.17) is 20.7 Å². The van der Waals surface area contributed by atoms with Gasteiger partial charge in [-0.1, -0.05) is 6.92 Å². The van der Waals surface area contributed by atoms with Gasteiger partial charge in [-0.05, 0) is 31.4 Å². The topological polar surface area (TPSA) is 119 Å². The van der Waals surface area contributed by atoms with E-state index in [0.717, 1.165) is 12.1 Å². The molecule has 0 heterocycles. The summed E-state index contributed by atoms with van der Waals surface area (Å²) < 4.78 is 5.64. The zero-order valence-corrected chi connectivity index (χ0v) is 14.3. The van der Waals surface area contributed by atoms with Gasteiger partial charge in [-0.15, -0.1) is 0 Å². The lowest BCUT2D eigenvalue weighted by Gasteiger charge is -2.27. The molecule has 2 atom stereocenters. The van der Waals surface area contributed by atoms with Gasteiger partial charge in [-0.3, -0.25) is 0 Å². The predicted molar refractivity (Wildman–Crippen MR) is 94.3 cm³/mol. The fraction of sp³-hybridized carbons (Fsp3) is 0.647. The fourth-order valence-electron chi connectivity index (χ4n) is 2.22. The molecule has 1 rings (SSSR count). The van der Waals surface area contributed by atoms with Crippen LogP contribution in [-0.2, 0) is 0 Å². The molecule has 7 heteroatoms. The Morgan fingerprint density at radius 1 is 1.08 bits per heavy atom. The molecule has 0 saturated heterocycles. The van der Waals surface area contributed by atoms with Crippen molar-refractivity contribution in [2.45, 2.75) is 38.4 Å². The van der Waals surface area contributed by atoms with Crippen LogP contribution < -0.4 is 15.4 Å². The van der Waals surface area contributed by atoms with Crippen LogP contribution in [0.5, 0.6) is 5.75 Å². The van der Waals surface area contributed by atoms with Crippen molar-refractivity contribution in [3.05, 3.63) is 18.2 Å². The molecule has 138 valence electrons. The monoisotopic (exact) mass is 342 g/mol. The summed E-state index contributed by atoms with van der Waals surface area (Å²) >= 11 is 0. The molecule has 6 N–H and O–H groups in total. The Morgan fingerprint density at radius 2 is 1.67 bits per heavy atom. The van der Waals surface area contributed by atoms with Crippen molar-refractivity contribution in [2.75, 3.05) is 43.5 Å². The molecular formula is C17H30N2O5. The maximum Gasteiger partial charge on any atom is 0.144 e. The molecular weight excluding hydrogens is 312 g/mol. The molecule has 1 aromatic carbocycles. The minimum absolute atomic E-state index is 0.292. The minimum atomic E-state index is -0.792. The number of aliphatic hydroxyl groups is 4. The standard InChI is InChI=1S/C17H30N2O5/c1-2-9-24-17-10-13(3-4-16(17)18)19(7-5-14(22)11-20)8-6-15(23)12-21/h3-4,10,14-15,20-23H,2,5-9,11-12,18H2,1H3. The summed E-state index contributed by atoms with van der Waals surface area (Å²) in [6.07, 6.45) is 0.0704. The van der Waals surface area contributed by atoms with Gasteiger partial charge >= 0.3 is 0 Å². The van der Waals surface area contributed by atoms with E-state index in [1.54, 1.807) is 6.07 Å². The lowest BCUT2D eigenvalue weighted by Crippen LogP contribution is -2.31. The van der Waals surface area contributed by atoms with Crippen molar-refractivity contribution < 1.29 is 25.2 Å². The Morgan fingerprint density at radius 3 is 2.17 bits per heavy atom. The maximum atomic E-state index is 9.58. The number of nitrogens with two attached hydrogens (primary N) is 1. The number of ether oxygens (including phenoxy) is 1. The lowest BCUT2D eigenvalue weighted by atomic mass is 10.1. The number of hydrogen-bond acceptors (Lipinski definition) is 7. The van der Waals surface area contributed by atoms with Gasteiger partial charge in [0.15, 0.2) is 0 Å². The Balaban J connectivity index is 2.86. The number of nitrogen functional groups attached to an aromatic ring is 1. The lowest BCUT2D eigenvalue weighted by molar-refractivity contribution is 0.0854. The molecule has 0 bridgehead atoms. The van der Waals surface area contributed by atoms with Crippen LogP contribution in [0.25, 0.3) is 0 Å². The summed E-state index contributed by atoms with van der Waals surface area (Å²) in [5, 5.41) is 37.1. The Bertz CT molecular complexity index is 458. The van der Waals surface area contributed by atoms with E-state index in [1.165, 1.54) is 0 Å². The van der Waals surface area contributed by atoms with Gasteiger partial charge in [-0.25, -0.2) is 0 Å². The Kier molecular flexibility index (Phi) is 9.48. The van der Waals surface area contributed by atoms with Gasteiger partial charge in [0.05, 0.1) is 37.7 Å². The first-order chi connectivity index (χ1) is 11.5. The molecule has 0 aromatic heterocycles. The number of hydrogen-bond donors (Lipinski definition) is 5. The highest BCUT2D eigenvalue weighted by Gasteiger charge is 2.14. The average molecular weight is 342 g/mol. The van der Waals surface area contributed by atoms with E-state index in [2.05, 4.69) is 0 Å². The highest BCUT2D eigenvalue weighted by atomic mass is 16.5. The highest BCUT2D eigenvalue weighted by Crippen LogP contribution is 2.28. The van der Waals surface area contributed by atoms with Crippen molar-refractivity contribution in [1.82, 2.24) is 0 Å². The normalized spacial score (nSPS) is 13.5. The number of benzene rings is 1. The molecule has 24 heavy (non-hydrogen) atoms. The maximum absolute atomic E-state index is 9.58. The summed E-state index contributed by atoms with van der Waals surface area (Å²) in [4.78, 5) is 1.97. The van der Waals surface area contributed by atoms with Crippen molar-refractivity contribution in [1.29, 1.82) is 0 Å². The molecule has 0 aliphatic rings. The molecule has 2 unspecified atom stereocenters. The summed E-state index contributed by atoms with van der Waals surface area (Å²) in [6.45, 7) is 2.99. The number of anilines is 2. The molecule has 0 spiro atoms. The SMILES string of the molecule is CCCOc1cc(N(CCC(O)CO)CCC(O)CO)ccc1N. The van der Waals surface area contributed by atoms with E-state index >= 15 is 0 Å². The average Bonchev–Trinajstić information content (AvgIpc) is 2.60. The van der Waals surface area contributed by atoms with Crippen LogP contribution >= 0.6 is 0 Å². The zero-order valence-electron chi connectivity index (χ0n) is 14.3. The van der Waals surface area contributed by atoms with Gasteiger partial charge in [0.2, 0.25) is 0 Å². The second kappa shape index (κ2) is 11.1. The van der Waals surface area contributed by atoms with Crippen LogP contribution in [0, 0.1) is 0 Å². The zero-order chi connectivity index (χ0) is 17.9. The quantitative estimate of drug-likeness (QED) is 0.348. The van der Waals surface area contributed by atoms with Crippen LogP contribution in [0.3, 0.4) is 0 Å². The highest BCUT2D eigenvalue weighted by molar-refractivity contribution is 5.62. The van der Waals surface area contributed by atoms with Crippen LogP contribution in [0.15, 0.2) is 18.2 Å². The van der Waals surface area contributed by atoms with E-state index in [1.807, 2.05) is 24.0 Å². The molecule has 0 amide bonds. The van der Waals surface area contributed by atoms with E-state index in [0.29, 0.717) is 44.0 Å². The van der Waals surface area contributed by atoms with Crippen LogP contribution in [-0.4, -0.2) is 65.5 Å². The molecule has 7 nitrogen and oxygen atoms in total. The molecule has 0 fully saturated rings. The van der Waals surface area contributed by atoms with Crippen molar-refractivity contribution in [3.63, 3.8) is 0 Å². The van der Waals surface area contributed by atoms with Gasteiger partial charge < -0.3 is 35.8 Å². The minimum Gasteiger partial charge on any atom is -0.491 e. The van der Waals surface area contributed by atoms with E-state index < -0.39 is 12.2 Å². The van der Waals surface area contributed by atoms with Crippen LogP contribution in [0.1, 0.15) is 26.2 Å². The number of rotatable bonds is 12. The molecule has 1 aromatic rings. The third kappa shape index (κ3) is 6.92.